The quantitative estimate of drug-likeness (QED) is 0.352. The van der Waals surface area contributed by atoms with Crippen molar-refractivity contribution in [2.24, 2.45) is 7.05 Å². The van der Waals surface area contributed by atoms with Crippen molar-refractivity contribution in [3.63, 3.8) is 0 Å². The minimum Gasteiger partial charge on any atom is -0.375 e. The summed E-state index contributed by atoms with van der Waals surface area (Å²) in [7, 11) is 1.84. The molecule has 6 aromatic rings. The summed E-state index contributed by atoms with van der Waals surface area (Å²) in [6, 6.07) is 16.5. The maximum absolute atomic E-state index is 14.1. The molecule has 4 aromatic heterocycles. The highest BCUT2D eigenvalue weighted by atomic mass is 16.1. The van der Waals surface area contributed by atoms with Crippen LogP contribution in [-0.2, 0) is 7.05 Å². The Morgan fingerprint density at radius 1 is 1.03 bits per heavy atom. The van der Waals surface area contributed by atoms with Crippen LogP contribution in [0.15, 0.2) is 97.0 Å². The number of hydrogen-bond acceptors (Lipinski definition) is 6. The first-order valence-electron chi connectivity index (χ1n) is 12.4. The zero-order valence-corrected chi connectivity index (χ0v) is 21.4. The molecule has 1 N–H and O–H groups in total. The minimum atomic E-state index is -0.376. The molecular weight excluding hydrogens is 488 g/mol. The van der Waals surface area contributed by atoms with E-state index in [-0.39, 0.29) is 11.6 Å². The van der Waals surface area contributed by atoms with Crippen LogP contribution in [0.25, 0.3) is 27.9 Å². The third-order valence-electron chi connectivity index (χ3n) is 6.37. The molecule has 2 aromatic carbocycles. The van der Waals surface area contributed by atoms with Crippen LogP contribution in [0, 0.1) is 11.8 Å². The summed E-state index contributed by atoms with van der Waals surface area (Å²) in [6.07, 6.45) is 8.78. The molecule has 0 fully saturated rings. The van der Waals surface area contributed by atoms with Gasteiger partial charge in [-0.1, -0.05) is 42.7 Å². The number of hydrogen-bond donors (Lipinski definition) is 1. The normalized spacial score (nSPS) is 11.7. The molecule has 1 unspecified atom stereocenters. The van der Waals surface area contributed by atoms with Crippen molar-refractivity contribution in [3.05, 3.63) is 125 Å². The van der Waals surface area contributed by atoms with Gasteiger partial charge in [0.05, 0.1) is 46.2 Å². The van der Waals surface area contributed by atoms with Crippen LogP contribution in [0.5, 0.6) is 0 Å². The average Bonchev–Trinajstić information content (AvgIpc) is 3.58. The third-order valence-corrected chi connectivity index (χ3v) is 6.37. The van der Waals surface area contributed by atoms with Gasteiger partial charge < -0.3 is 5.32 Å². The van der Waals surface area contributed by atoms with E-state index in [9.17, 15) is 4.79 Å². The van der Waals surface area contributed by atoms with Crippen molar-refractivity contribution in [1.82, 2.24) is 39.2 Å². The van der Waals surface area contributed by atoms with Gasteiger partial charge in [0.2, 0.25) is 0 Å². The summed E-state index contributed by atoms with van der Waals surface area (Å²) >= 11 is 0. The second-order valence-corrected chi connectivity index (χ2v) is 9.09. The maximum Gasteiger partial charge on any atom is 0.267 e. The van der Waals surface area contributed by atoms with Crippen LogP contribution in [0.4, 0.5) is 0 Å². The molecular formula is C30H24N8O. The monoisotopic (exact) mass is 512 g/mol. The molecule has 0 bridgehead atoms. The lowest BCUT2D eigenvalue weighted by Gasteiger charge is -2.21. The number of nitrogens with zero attached hydrogens (tertiary/aromatic N) is 7. The molecule has 6 rings (SSSR count). The van der Waals surface area contributed by atoms with Gasteiger partial charge in [0.1, 0.15) is 5.82 Å². The molecule has 9 heteroatoms. The highest BCUT2D eigenvalue weighted by molar-refractivity contribution is 5.85. The Balaban J connectivity index is 1.47. The van der Waals surface area contributed by atoms with Gasteiger partial charge in [-0.25, -0.2) is 14.5 Å². The summed E-state index contributed by atoms with van der Waals surface area (Å²) in [5.41, 5.74) is 4.52. The van der Waals surface area contributed by atoms with Gasteiger partial charge in [-0.3, -0.25) is 14.0 Å². The van der Waals surface area contributed by atoms with Crippen molar-refractivity contribution in [3.8, 4) is 17.5 Å². The van der Waals surface area contributed by atoms with E-state index in [1.807, 2.05) is 81.0 Å². The van der Waals surface area contributed by atoms with Crippen LogP contribution >= 0.6 is 0 Å². The molecule has 0 saturated carbocycles. The summed E-state index contributed by atoms with van der Waals surface area (Å²) in [6.45, 7) is 6.17. The van der Waals surface area contributed by atoms with E-state index in [0.717, 1.165) is 11.1 Å². The van der Waals surface area contributed by atoms with Gasteiger partial charge in [0, 0.05) is 36.9 Å². The van der Waals surface area contributed by atoms with Gasteiger partial charge in [-0.05, 0) is 37.3 Å². The van der Waals surface area contributed by atoms with Crippen molar-refractivity contribution in [2.75, 3.05) is 0 Å². The van der Waals surface area contributed by atoms with Gasteiger partial charge in [0.15, 0.2) is 5.65 Å². The lowest BCUT2D eigenvalue weighted by atomic mass is 10.1. The predicted molar refractivity (Wildman–Crippen MR) is 150 cm³/mol. The highest BCUT2D eigenvalue weighted by Gasteiger charge is 2.21. The van der Waals surface area contributed by atoms with E-state index in [1.54, 1.807) is 32.4 Å². The predicted octanol–water partition coefficient (Wildman–Crippen LogP) is 3.88. The van der Waals surface area contributed by atoms with Crippen LogP contribution in [0.1, 0.15) is 35.5 Å². The molecule has 0 spiro atoms. The first-order valence-corrected chi connectivity index (χ1v) is 12.4. The summed E-state index contributed by atoms with van der Waals surface area (Å²) < 4.78 is 5.01. The van der Waals surface area contributed by atoms with E-state index in [4.69, 9.17) is 4.98 Å². The standard InChI is InChI=1S/C30H24N8O/c1-20(25-18-33-37-16-8-15-31-29(25)37)34-21(2)28-35-26-12-7-9-23(14-13-22-17-32-36(3)19-22)27(26)30(39)38(28)24-10-5-4-6-11-24/h4-12,15-19,21,34H,1H2,2-3H3. The molecule has 4 heterocycles. The number of nitrogens with one attached hydrogen (secondary N) is 1. The smallest absolute Gasteiger partial charge is 0.267 e. The Labute approximate surface area is 224 Å². The Morgan fingerprint density at radius 2 is 1.87 bits per heavy atom. The number of fused-ring (bicyclic) bond motifs is 2. The number of aryl methyl sites for hydroxylation is 1. The Hall–Kier alpha value is -5.49. The van der Waals surface area contributed by atoms with Gasteiger partial charge in [-0.15, -0.1) is 0 Å². The van der Waals surface area contributed by atoms with Crippen molar-refractivity contribution >= 4 is 22.2 Å². The summed E-state index contributed by atoms with van der Waals surface area (Å²) in [5, 5.41) is 12.4. The summed E-state index contributed by atoms with van der Waals surface area (Å²) in [4.78, 5) is 23.5. The number of para-hydroxylation sites is 1. The summed E-state index contributed by atoms with van der Waals surface area (Å²) in [5.74, 6) is 6.80. The van der Waals surface area contributed by atoms with E-state index >= 15 is 0 Å². The zero-order chi connectivity index (χ0) is 26.9. The van der Waals surface area contributed by atoms with E-state index in [0.29, 0.717) is 39.3 Å². The van der Waals surface area contributed by atoms with Crippen LogP contribution < -0.4 is 10.9 Å². The molecule has 39 heavy (non-hydrogen) atoms. The lowest BCUT2D eigenvalue weighted by molar-refractivity contribution is 0.624. The minimum absolute atomic E-state index is 0.200. The van der Waals surface area contributed by atoms with Gasteiger partial charge >= 0.3 is 0 Å². The Kier molecular flexibility index (Phi) is 5.98. The largest absolute Gasteiger partial charge is 0.375 e. The van der Waals surface area contributed by atoms with E-state index in [1.165, 1.54) is 0 Å². The fraction of sp³-hybridized carbons (Fsp3) is 0.100. The molecule has 0 aliphatic heterocycles. The maximum atomic E-state index is 14.1. The second-order valence-electron chi connectivity index (χ2n) is 9.09. The molecule has 0 aliphatic carbocycles. The number of aromatic nitrogens is 7. The highest BCUT2D eigenvalue weighted by Crippen LogP contribution is 2.23. The molecule has 0 amide bonds. The zero-order valence-electron chi connectivity index (χ0n) is 21.4. The molecule has 0 saturated heterocycles. The number of benzene rings is 2. The van der Waals surface area contributed by atoms with Crippen LogP contribution in [-0.4, -0.2) is 33.9 Å². The Morgan fingerprint density at radius 3 is 2.67 bits per heavy atom. The first kappa shape index (κ1) is 23.9. The van der Waals surface area contributed by atoms with E-state index in [2.05, 4.69) is 38.9 Å². The lowest BCUT2D eigenvalue weighted by Crippen LogP contribution is -2.30. The van der Waals surface area contributed by atoms with Crippen molar-refractivity contribution < 1.29 is 0 Å². The van der Waals surface area contributed by atoms with Gasteiger partial charge in [0.25, 0.3) is 5.56 Å². The van der Waals surface area contributed by atoms with Crippen LogP contribution in [0.2, 0.25) is 0 Å². The molecule has 0 radical (unpaired) electrons. The Bertz CT molecular complexity index is 1970. The molecule has 190 valence electrons. The van der Waals surface area contributed by atoms with E-state index < -0.39 is 0 Å². The van der Waals surface area contributed by atoms with Crippen LogP contribution in [0.3, 0.4) is 0 Å². The van der Waals surface area contributed by atoms with Crippen molar-refractivity contribution in [1.29, 1.82) is 0 Å². The first-order chi connectivity index (χ1) is 19.0. The SMILES string of the molecule is C=C(NC(C)c1nc2cccc(C#Cc3cnn(C)c3)c2c(=O)n1-c1ccccc1)c1cnn2cccnc12. The molecule has 1 atom stereocenters. The average molecular weight is 513 g/mol. The third kappa shape index (κ3) is 4.45. The van der Waals surface area contributed by atoms with Gasteiger partial charge in [-0.2, -0.15) is 10.2 Å². The number of rotatable bonds is 5. The molecule has 9 nitrogen and oxygen atoms in total. The van der Waals surface area contributed by atoms with Crippen molar-refractivity contribution in [2.45, 2.75) is 13.0 Å². The topological polar surface area (TPSA) is 94.9 Å². The molecule has 0 aliphatic rings. The fourth-order valence-corrected chi connectivity index (χ4v) is 4.54. The second kappa shape index (κ2) is 9.76. The fourth-order valence-electron chi connectivity index (χ4n) is 4.54.